The summed E-state index contributed by atoms with van der Waals surface area (Å²) in [6.07, 6.45) is 2.40. The largest absolute Gasteiger partial charge is 0.354 e. The smallest absolute Gasteiger partial charge is 0.146 e. The zero-order valence-electron chi connectivity index (χ0n) is 11.6. The van der Waals surface area contributed by atoms with Crippen molar-refractivity contribution in [1.82, 2.24) is 0 Å². The van der Waals surface area contributed by atoms with Crippen LogP contribution in [0.4, 0.5) is 0 Å². The molecule has 0 aliphatic heterocycles. The van der Waals surface area contributed by atoms with Gasteiger partial charge in [0.2, 0.25) is 0 Å². The molecule has 2 atom stereocenters. The molecule has 0 aromatic heterocycles. The molecular weight excluding hydrogens is 279 g/mol. The van der Waals surface area contributed by atoms with Gasteiger partial charge in [-0.15, -0.1) is 0 Å². The SMILES string of the molecule is CCCC(C)CSP(O)(=S)c1c(C)cccc1C. The van der Waals surface area contributed by atoms with Crippen molar-refractivity contribution in [2.24, 2.45) is 5.92 Å². The summed E-state index contributed by atoms with van der Waals surface area (Å²) in [5.74, 6) is 1.58. The summed E-state index contributed by atoms with van der Waals surface area (Å²) in [6, 6.07) is 6.10. The van der Waals surface area contributed by atoms with Gasteiger partial charge in [0, 0.05) is 11.1 Å². The molecule has 0 aliphatic carbocycles. The lowest BCUT2D eigenvalue weighted by Gasteiger charge is -2.21. The monoisotopic (exact) mass is 302 g/mol. The van der Waals surface area contributed by atoms with Gasteiger partial charge in [-0.2, -0.15) is 0 Å². The third-order valence-corrected chi connectivity index (χ3v) is 8.92. The van der Waals surface area contributed by atoms with Crippen molar-refractivity contribution in [3.63, 3.8) is 0 Å². The van der Waals surface area contributed by atoms with E-state index in [9.17, 15) is 4.89 Å². The van der Waals surface area contributed by atoms with Crippen LogP contribution in [-0.2, 0) is 11.8 Å². The first-order chi connectivity index (χ1) is 8.38. The van der Waals surface area contributed by atoms with Crippen LogP contribution in [0.15, 0.2) is 18.2 Å². The number of hydrogen-bond donors (Lipinski definition) is 1. The van der Waals surface area contributed by atoms with Gasteiger partial charge in [-0.3, -0.25) is 0 Å². The van der Waals surface area contributed by atoms with Gasteiger partial charge in [0.15, 0.2) is 0 Å². The first-order valence-electron chi connectivity index (χ1n) is 6.42. The van der Waals surface area contributed by atoms with Gasteiger partial charge in [0.05, 0.1) is 0 Å². The van der Waals surface area contributed by atoms with Crippen LogP contribution < -0.4 is 5.30 Å². The van der Waals surface area contributed by atoms with Crippen molar-refractivity contribution in [3.05, 3.63) is 29.3 Å². The van der Waals surface area contributed by atoms with Crippen LogP contribution >= 0.6 is 16.8 Å². The van der Waals surface area contributed by atoms with E-state index < -0.39 is 5.47 Å². The van der Waals surface area contributed by atoms with E-state index in [0.717, 1.165) is 22.2 Å². The molecule has 0 heterocycles. The Bertz CT molecular complexity index is 425. The molecule has 0 saturated carbocycles. The van der Waals surface area contributed by atoms with Gasteiger partial charge in [0.1, 0.15) is 5.47 Å². The molecule has 1 aromatic carbocycles. The second kappa shape index (κ2) is 7.09. The van der Waals surface area contributed by atoms with Crippen molar-refractivity contribution in [2.75, 3.05) is 5.75 Å². The summed E-state index contributed by atoms with van der Waals surface area (Å²) in [6.45, 7) is 8.50. The maximum atomic E-state index is 10.7. The predicted molar refractivity (Wildman–Crippen MR) is 88.6 cm³/mol. The number of hydrogen-bond acceptors (Lipinski definition) is 2. The molecule has 1 nitrogen and oxygen atoms in total. The van der Waals surface area contributed by atoms with Gasteiger partial charge >= 0.3 is 0 Å². The third kappa shape index (κ3) is 4.38. The minimum atomic E-state index is -2.45. The van der Waals surface area contributed by atoms with E-state index in [1.807, 2.05) is 32.0 Å². The molecule has 0 bridgehead atoms. The lowest BCUT2D eigenvalue weighted by molar-refractivity contribution is 0.585. The lowest BCUT2D eigenvalue weighted by Crippen LogP contribution is -2.11. The highest BCUT2D eigenvalue weighted by Crippen LogP contribution is 2.55. The molecule has 4 heteroatoms. The van der Waals surface area contributed by atoms with Crippen LogP contribution in [0.1, 0.15) is 37.8 Å². The van der Waals surface area contributed by atoms with Crippen LogP contribution in [0.25, 0.3) is 0 Å². The van der Waals surface area contributed by atoms with Crippen LogP contribution in [-0.4, -0.2) is 10.6 Å². The van der Waals surface area contributed by atoms with E-state index in [2.05, 4.69) is 13.8 Å². The van der Waals surface area contributed by atoms with Crippen molar-refractivity contribution in [2.45, 2.75) is 40.5 Å². The summed E-state index contributed by atoms with van der Waals surface area (Å²) in [5.41, 5.74) is -0.204. The van der Waals surface area contributed by atoms with Crippen molar-refractivity contribution in [3.8, 4) is 0 Å². The van der Waals surface area contributed by atoms with Crippen molar-refractivity contribution >= 4 is 34.0 Å². The Kier molecular flexibility index (Phi) is 6.40. The van der Waals surface area contributed by atoms with Gasteiger partial charge in [0.25, 0.3) is 0 Å². The topological polar surface area (TPSA) is 20.2 Å². The number of aryl methyl sites for hydroxylation is 2. The van der Waals surface area contributed by atoms with Crippen molar-refractivity contribution in [1.29, 1.82) is 0 Å². The fourth-order valence-electron chi connectivity index (χ4n) is 2.12. The summed E-state index contributed by atoms with van der Waals surface area (Å²) in [4.78, 5) is 10.7. The van der Waals surface area contributed by atoms with Crippen LogP contribution in [0.5, 0.6) is 0 Å². The molecule has 0 spiro atoms. The van der Waals surface area contributed by atoms with Crippen molar-refractivity contribution < 1.29 is 4.89 Å². The Morgan fingerprint density at radius 1 is 1.33 bits per heavy atom. The van der Waals surface area contributed by atoms with Gasteiger partial charge in [-0.1, -0.05) is 68.1 Å². The molecule has 18 heavy (non-hydrogen) atoms. The standard InChI is InChI=1S/C14H23OPS2/c1-5-7-11(2)10-18-16(15,17)14-12(3)8-6-9-13(14)4/h6,8-9,11H,5,7,10H2,1-4H3,(H,15,17). The Hall–Kier alpha value is 0.180. The molecule has 0 aliphatic rings. The van der Waals surface area contributed by atoms with E-state index in [-0.39, 0.29) is 0 Å². The van der Waals surface area contributed by atoms with E-state index in [4.69, 9.17) is 11.8 Å². The number of benzene rings is 1. The second-order valence-corrected chi connectivity index (χ2v) is 11.7. The molecule has 1 N–H and O–H groups in total. The first-order valence-corrected chi connectivity index (χ1v) is 10.8. The summed E-state index contributed by atoms with van der Waals surface area (Å²) < 4.78 is 0. The molecule has 0 radical (unpaired) electrons. The quantitative estimate of drug-likeness (QED) is 0.787. The molecule has 0 amide bonds. The highest BCUT2D eigenvalue weighted by Gasteiger charge is 2.22. The average molecular weight is 302 g/mol. The van der Waals surface area contributed by atoms with Crippen LogP contribution in [0.3, 0.4) is 0 Å². The molecule has 0 saturated heterocycles. The lowest BCUT2D eigenvalue weighted by atomic mass is 10.1. The molecule has 1 rings (SSSR count). The highest BCUT2D eigenvalue weighted by molar-refractivity contribution is 8.71. The van der Waals surface area contributed by atoms with Crippen LogP contribution in [0, 0.1) is 19.8 Å². The first kappa shape index (κ1) is 16.2. The fraction of sp³-hybridized carbons (Fsp3) is 0.571. The van der Waals surface area contributed by atoms with E-state index in [0.29, 0.717) is 5.92 Å². The minimum Gasteiger partial charge on any atom is -0.354 e. The third-order valence-electron chi connectivity index (χ3n) is 3.04. The van der Waals surface area contributed by atoms with E-state index in [1.165, 1.54) is 12.8 Å². The Morgan fingerprint density at radius 3 is 2.39 bits per heavy atom. The van der Waals surface area contributed by atoms with Crippen LogP contribution in [0.2, 0.25) is 0 Å². The Balaban J connectivity index is 2.83. The normalized spacial score (nSPS) is 16.3. The van der Waals surface area contributed by atoms with Gasteiger partial charge in [-0.25, -0.2) is 0 Å². The fourth-order valence-corrected chi connectivity index (χ4v) is 7.95. The predicted octanol–water partition coefficient (Wildman–Crippen LogP) is 4.40. The summed E-state index contributed by atoms with van der Waals surface area (Å²) >= 11 is 7.11. The Morgan fingerprint density at radius 2 is 1.89 bits per heavy atom. The zero-order valence-corrected chi connectivity index (χ0v) is 14.2. The average Bonchev–Trinajstić information content (AvgIpc) is 2.26. The Labute approximate surface area is 120 Å². The number of rotatable bonds is 6. The molecule has 102 valence electrons. The molecule has 1 aromatic rings. The maximum absolute atomic E-state index is 10.7. The van der Waals surface area contributed by atoms with Gasteiger partial charge in [-0.05, 0) is 30.9 Å². The minimum absolute atomic E-state index is 0.624. The summed E-state index contributed by atoms with van der Waals surface area (Å²) in [5, 5.41) is 1.01. The van der Waals surface area contributed by atoms with E-state index in [1.54, 1.807) is 11.4 Å². The zero-order chi connectivity index (χ0) is 13.8. The summed E-state index contributed by atoms with van der Waals surface area (Å²) in [7, 11) is 0. The molecule has 2 unspecified atom stereocenters. The maximum Gasteiger partial charge on any atom is 0.146 e. The second-order valence-electron chi connectivity index (χ2n) is 4.95. The van der Waals surface area contributed by atoms with E-state index >= 15 is 0 Å². The molecule has 0 fully saturated rings. The molecular formula is C14H23OPS2. The highest BCUT2D eigenvalue weighted by atomic mass is 32.9. The van der Waals surface area contributed by atoms with Gasteiger partial charge < -0.3 is 4.89 Å².